The molecule has 0 bridgehead atoms. The molecule has 0 aromatic heterocycles. The molecule has 2 aromatic carbocycles. The van der Waals surface area contributed by atoms with Gasteiger partial charge in [-0.2, -0.15) is 13.2 Å². The zero-order chi connectivity index (χ0) is 27.7. The first-order valence-electron chi connectivity index (χ1n) is 12.5. The second kappa shape index (κ2) is 13.8. The van der Waals surface area contributed by atoms with Gasteiger partial charge in [0.25, 0.3) is 0 Å². The van der Waals surface area contributed by atoms with Crippen molar-refractivity contribution in [2.75, 3.05) is 44.6 Å². The number of benzene rings is 2. The van der Waals surface area contributed by atoms with Crippen molar-refractivity contribution in [2.45, 2.75) is 44.2 Å². The van der Waals surface area contributed by atoms with Crippen molar-refractivity contribution in [1.82, 2.24) is 15.1 Å². The largest absolute Gasteiger partial charge is 0.419 e. The van der Waals surface area contributed by atoms with Crippen LogP contribution in [0.25, 0.3) is 0 Å². The van der Waals surface area contributed by atoms with E-state index in [1.54, 1.807) is 0 Å². The van der Waals surface area contributed by atoms with E-state index in [1.807, 2.05) is 13.0 Å². The van der Waals surface area contributed by atoms with Crippen LogP contribution >= 0.6 is 11.8 Å². The second-order valence-corrected chi connectivity index (χ2v) is 10.2. The lowest BCUT2D eigenvalue weighted by molar-refractivity contribution is -0.139. The predicted molar refractivity (Wildman–Crippen MR) is 141 cm³/mol. The van der Waals surface area contributed by atoms with Gasteiger partial charge in [-0.1, -0.05) is 11.8 Å². The van der Waals surface area contributed by atoms with Gasteiger partial charge in [-0.15, -0.1) is 0 Å². The summed E-state index contributed by atoms with van der Waals surface area (Å²) in [6.45, 7) is 8.92. The molecule has 3 rings (SSSR count). The van der Waals surface area contributed by atoms with Crippen molar-refractivity contribution in [2.24, 2.45) is 0 Å². The monoisotopic (exact) mass is 556 g/mol. The van der Waals surface area contributed by atoms with Gasteiger partial charge < -0.3 is 20.4 Å². The molecule has 1 heterocycles. The fourth-order valence-electron chi connectivity index (χ4n) is 4.20. The third-order valence-corrected chi connectivity index (χ3v) is 7.15. The van der Waals surface area contributed by atoms with E-state index in [2.05, 4.69) is 32.8 Å². The molecule has 0 unspecified atom stereocenters. The number of amides is 2. The van der Waals surface area contributed by atoms with E-state index in [1.165, 1.54) is 23.9 Å². The van der Waals surface area contributed by atoms with Crippen molar-refractivity contribution in [3.05, 3.63) is 70.3 Å². The Balaban J connectivity index is 1.35. The van der Waals surface area contributed by atoms with E-state index in [0.717, 1.165) is 67.8 Å². The number of unbranched alkanes of at least 4 members (excludes halogenated alkanes) is 1. The molecule has 5 nitrogen and oxygen atoms in total. The molecule has 0 aliphatic carbocycles. The molecule has 1 aliphatic heterocycles. The summed E-state index contributed by atoms with van der Waals surface area (Å²) < 4.78 is 65.5. The lowest BCUT2D eigenvalue weighted by Crippen LogP contribution is -2.32. The summed E-state index contributed by atoms with van der Waals surface area (Å²) in [5, 5.41) is 7.00. The summed E-state index contributed by atoms with van der Waals surface area (Å²) >= 11 is 1.52. The SMILES string of the molecule is C/C(=C\Sc1cc(C)cc(F)c1)N1CCCN(CCCCNC(=O)Nc2ccc(F)c(C(F)(F)F)c2)CC1. The van der Waals surface area contributed by atoms with Gasteiger partial charge in [-0.25, -0.2) is 13.6 Å². The summed E-state index contributed by atoms with van der Waals surface area (Å²) in [6.07, 6.45) is -2.24. The molecule has 0 radical (unpaired) electrons. The van der Waals surface area contributed by atoms with Crippen molar-refractivity contribution in [3.63, 3.8) is 0 Å². The van der Waals surface area contributed by atoms with Gasteiger partial charge in [-0.05, 0) is 93.6 Å². The summed E-state index contributed by atoms with van der Waals surface area (Å²) in [4.78, 5) is 17.6. The van der Waals surface area contributed by atoms with E-state index >= 15 is 0 Å². The van der Waals surface area contributed by atoms with Crippen LogP contribution in [0.3, 0.4) is 0 Å². The van der Waals surface area contributed by atoms with Crippen LogP contribution in [-0.2, 0) is 6.18 Å². The number of aryl methyl sites for hydroxylation is 1. The maximum absolute atomic E-state index is 13.6. The Hall–Kier alpha value is -2.79. The number of hydrogen-bond acceptors (Lipinski definition) is 4. The van der Waals surface area contributed by atoms with Gasteiger partial charge in [0.15, 0.2) is 0 Å². The zero-order valence-electron chi connectivity index (χ0n) is 21.5. The predicted octanol–water partition coefficient (Wildman–Crippen LogP) is 6.86. The van der Waals surface area contributed by atoms with Crippen molar-refractivity contribution in [3.8, 4) is 0 Å². The summed E-state index contributed by atoms with van der Waals surface area (Å²) in [7, 11) is 0. The van der Waals surface area contributed by atoms with Crippen LogP contribution in [0.1, 0.15) is 37.3 Å². The molecular weight excluding hydrogens is 523 g/mol. The average molecular weight is 557 g/mol. The van der Waals surface area contributed by atoms with Gasteiger partial charge in [0, 0.05) is 42.5 Å². The number of hydrogen-bond donors (Lipinski definition) is 2. The molecule has 2 N–H and O–H groups in total. The summed E-state index contributed by atoms with van der Waals surface area (Å²) in [5.41, 5.74) is 0.501. The minimum Gasteiger partial charge on any atom is -0.373 e. The Morgan fingerprint density at radius 1 is 1.05 bits per heavy atom. The van der Waals surface area contributed by atoms with Crippen LogP contribution in [0.2, 0.25) is 0 Å². The Labute approximate surface area is 224 Å². The minimum absolute atomic E-state index is 0.126. The first-order chi connectivity index (χ1) is 18.0. The van der Waals surface area contributed by atoms with Crippen molar-refractivity contribution < 1.29 is 26.7 Å². The minimum atomic E-state index is -4.83. The molecule has 0 spiro atoms. The quantitative estimate of drug-likeness (QED) is 0.201. The number of rotatable bonds is 9. The number of urea groups is 1. The summed E-state index contributed by atoms with van der Waals surface area (Å²) in [5.74, 6) is -1.61. The fraction of sp³-hybridized carbons (Fsp3) is 0.444. The highest BCUT2D eigenvalue weighted by molar-refractivity contribution is 8.02. The third-order valence-electron chi connectivity index (χ3n) is 6.18. The van der Waals surface area contributed by atoms with Gasteiger partial charge in [0.2, 0.25) is 0 Å². The zero-order valence-corrected chi connectivity index (χ0v) is 22.3. The molecule has 1 aliphatic rings. The van der Waals surface area contributed by atoms with Crippen LogP contribution in [0, 0.1) is 18.6 Å². The van der Waals surface area contributed by atoms with Crippen LogP contribution < -0.4 is 10.6 Å². The van der Waals surface area contributed by atoms with E-state index in [0.29, 0.717) is 25.1 Å². The summed E-state index contributed by atoms with van der Waals surface area (Å²) in [6, 6.07) is 6.73. The van der Waals surface area contributed by atoms with E-state index in [-0.39, 0.29) is 11.5 Å². The molecular formula is C27H33F5N4OS. The lowest BCUT2D eigenvalue weighted by atomic mass is 10.2. The number of alkyl halides is 3. The maximum Gasteiger partial charge on any atom is 0.419 e. The first-order valence-corrected chi connectivity index (χ1v) is 13.4. The lowest BCUT2D eigenvalue weighted by Gasteiger charge is -2.24. The number of carbonyl (C=O) groups excluding carboxylic acids is 1. The molecule has 0 atom stereocenters. The van der Waals surface area contributed by atoms with Crippen molar-refractivity contribution >= 4 is 23.5 Å². The number of allylic oxidation sites excluding steroid dienone is 1. The van der Waals surface area contributed by atoms with Gasteiger partial charge in [-0.3, -0.25) is 0 Å². The van der Waals surface area contributed by atoms with Crippen LogP contribution in [0.5, 0.6) is 0 Å². The van der Waals surface area contributed by atoms with Crippen LogP contribution in [0.4, 0.5) is 32.4 Å². The fourth-order valence-corrected chi connectivity index (χ4v) is 5.09. The first kappa shape index (κ1) is 29.8. The Kier molecular flexibility index (Phi) is 10.8. The van der Waals surface area contributed by atoms with E-state index in [4.69, 9.17) is 0 Å². The number of thioether (sulfide) groups is 1. The second-order valence-electron chi connectivity index (χ2n) is 9.30. The third kappa shape index (κ3) is 9.50. The molecule has 2 amide bonds. The van der Waals surface area contributed by atoms with E-state index < -0.39 is 23.6 Å². The maximum atomic E-state index is 13.6. The normalized spacial score (nSPS) is 15.3. The van der Waals surface area contributed by atoms with Crippen molar-refractivity contribution in [1.29, 1.82) is 0 Å². The highest BCUT2D eigenvalue weighted by atomic mass is 32.2. The Bertz CT molecular complexity index is 1100. The topological polar surface area (TPSA) is 47.6 Å². The number of anilines is 1. The molecule has 11 heteroatoms. The average Bonchev–Trinajstić information content (AvgIpc) is 3.08. The molecule has 2 aromatic rings. The van der Waals surface area contributed by atoms with E-state index in [9.17, 15) is 26.7 Å². The standard InChI is InChI=1S/C27H33F5N4OS/c1-19-14-21(28)16-23(15-19)38-18-20(2)36-11-5-10-35(12-13-36)9-4-3-8-33-26(37)34-22-6-7-25(29)24(17-22)27(30,31)32/h6-7,14-18H,3-5,8-13H2,1-2H3,(H2,33,34,37)/b20-18+. The number of carbonyl (C=O) groups is 1. The molecule has 1 saturated heterocycles. The number of nitrogens with zero attached hydrogens (tertiary/aromatic N) is 2. The highest BCUT2D eigenvalue weighted by Gasteiger charge is 2.34. The highest BCUT2D eigenvalue weighted by Crippen LogP contribution is 2.33. The number of halogens is 5. The molecule has 38 heavy (non-hydrogen) atoms. The van der Waals surface area contributed by atoms with Crippen LogP contribution in [0.15, 0.2) is 52.4 Å². The molecule has 208 valence electrons. The van der Waals surface area contributed by atoms with Gasteiger partial charge in [0.1, 0.15) is 11.6 Å². The Morgan fingerprint density at radius 3 is 2.58 bits per heavy atom. The van der Waals surface area contributed by atoms with Gasteiger partial charge in [0.05, 0.1) is 5.56 Å². The smallest absolute Gasteiger partial charge is 0.373 e. The van der Waals surface area contributed by atoms with Crippen LogP contribution in [-0.4, -0.2) is 55.1 Å². The molecule has 0 saturated carbocycles. The number of nitrogens with one attached hydrogen (secondary N) is 2. The van der Waals surface area contributed by atoms with Gasteiger partial charge >= 0.3 is 12.2 Å². The Morgan fingerprint density at radius 2 is 1.84 bits per heavy atom. The molecule has 1 fully saturated rings.